The van der Waals surface area contributed by atoms with Crippen LogP contribution in [0.1, 0.15) is 44.0 Å². The number of aromatic hydroxyl groups is 1. The topological polar surface area (TPSA) is 81.3 Å². The molecule has 2 heterocycles. The fraction of sp³-hybridized carbons (Fsp3) is 0.533. The molecule has 2 aromatic rings. The first-order valence-electron chi connectivity index (χ1n) is 7.30. The summed E-state index contributed by atoms with van der Waals surface area (Å²) in [6.07, 6.45) is 7.38. The van der Waals surface area contributed by atoms with E-state index in [4.69, 9.17) is 9.26 Å². The third-order valence-corrected chi connectivity index (χ3v) is 4.02. The second kappa shape index (κ2) is 6.22. The maximum Gasteiger partial charge on any atom is 0.280 e. The number of methoxy groups -OCH3 is 1. The number of hydrogen-bond donors (Lipinski definition) is 1. The van der Waals surface area contributed by atoms with Gasteiger partial charge in [-0.15, -0.1) is 0 Å². The lowest BCUT2D eigenvalue weighted by atomic mass is 9.85. The van der Waals surface area contributed by atoms with Crippen molar-refractivity contribution < 1.29 is 14.4 Å². The predicted octanol–water partition coefficient (Wildman–Crippen LogP) is 3.11. The monoisotopic (exact) mass is 289 g/mol. The van der Waals surface area contributed by atoms with Crippen LogP contribution < -0.4 is 0 Å². The van der Waals surface area contributed by atoms with Gasteiger partial charge >= 0.3 is 0 Å². The molecule has 0 spiro atoms. The second-order valence-electron chi connectivity index (χ2n) is 5.38. The van der Waals surface area contributed by atoms with Gasteiger partial charge in [0.15, 0.2) is 5.69 Å². The molecule has 0 bridgehead atoms. The lowest BCUT2D eigenvalue weighted by Gasteiger charge is -2.26. The molecule has 21 heavy (non-hydrogen) atoms. The first-order valence-corrected chi connectivity index (χ1v) is 7.30. The van der Waals surface area contributed by atoms with Crippen molar-refractivity contribution in [1.29, 1.82) is 0 Å². The molecule has 0 aromatic carbocycles. The van der Waals surface area contributed by atoms with E-state index in [1.54, 1.807) is 25.4 Å². The van der Waals surface area contributed by atoms with E-state index in [9.17, 15) is 5.11 Å². The Morgan fingerprint density at radius 2 is 2.14 bits per heavy atom. The van der Waals surface area contributed by atoms with E-state index in [-0.39, 0.29) is 17.7 Å². The van der Waals surface area contributed by atoms with Crippen LogP contribution in [0, 0.1) is 5.92 Å². The highest BCUT2D eigenvalue weighted by molar-refractivity contribution is 5.55. The van der Waals surface area contributed by atoms with Crippen LogP contribution >= 0.6 is 0 Å². The Hall–Kier alpha value is -1.95. The summed E-state index contributed by atoms with van der Waals surface area (Å²) in [6, 6.07) is 3.19. The zero-order chi connectivity index (χ0) is 14.7. The first-order chi connectivity index (χ1) is 10.3. The molecule has 0 radical (unpaired) electrons. The van der Waals surface area contributed by atoms with E-state index in [0.29, 0.717) is 17.4 Å². The fourth-order valence-electron chi connectivity index (χ4n) is 2.95. The number of rotatable bonds is 4. The number of hydrogen-bond acceptors (Lipinski definition) is 6. The fourth-order valence-corrected chi connectivity index (χ4v) is 2.95. The molecular formula is C15H19N3O3. The largest absolute Gasteiger partial charge is 0.505 e. The Balaban J connectivity index is 1.84. The molecule has 0 saturated heterocycles. The van der Waals surface area contributed by atoms with Crippen LogP contribution in [0.5, 0.6) is 5.75 Å². The van der Waals surface area contributed by atoms with Gasteiger partial charge in [-0.3, -0.25) is 0 Å². The van der Waals surface area contributed by atoms with Gasteiger partial charge in [0.05, 0.1) is 0 Å². The van der Waals surface area contributed by atoms with Crippen molar-refractivity contribution in [3.05, 3.63) is 24.2 Å². The molecule has 0 amide bonds. The van der Waals surface area contributed by atoms with Gasteiger partial charge in [0, 0.05) is 13.3 Å². The average molecular weight is 289 g/mol. The molecule has 1 aliphatic carbocycles. The molecular weight excluding hydrogens is 270 g/mol. The van der Waals surface area contributed by atoms with Crippen LogP contribution in [0.15, 0.2) is 22.9 Å². The summed E-state index contributed by atoms with van der Waals surface area (Å²) in [4.78, 5) is 8.43. The Morgan fingerprint density at radius 1 is 1.33 bits per heavy atom. The van der Waals surface area contributed by atoms with Crippen LogP contribution in [0.3, 0.4) is 0 Å². The summed E-state index contributed by atoms with van der Waals surface area (Å²) in [5.74, 6) is 1.20. The van der Waals surface area contributed by atoms with Crippen LogP contribution in [0.25, 0.3) is 11.6 Å². The summed E-state index contributed by atoms with van der Waals surface area (Å²) in [6.45, 7) is 0. The Morgan fingerprint density at radius 3 is 2.86 bits per heavy atom. The van der Waals surface area contributed by atoms with Crippen LogP contribution in [-0.2, 0) is 4.74 Å². The Kier molecular flexibility index (Phi) is 4.15. The van der Waals surface area contributed by atoms with Gasteiger partial charge in [-0.25, -0.2) is 4.98 Å². The highest BCUT2D eigenvalue weighted by Crippen LogP contribution is 2.36. The average Bonchev–Trinajstić information content (AvgIpc) is 2.99. The lowest BCUT2D eigenvalue weighted by molar-refractivity contribution is 0.0274. The maximum atomic E-state index is 9.80. The maximum absolute atomic E-state index is 9.80. The highest BCUT2D eigenvalue weighted by atomic mass is 16.5. The molecule has 2 aromatic heterocycles. The summed E-state index contributed by atoms with van der Waals surface area (Å²) < 4.78 is 10.8. The molecule has 1 N–H and O–H groups in total. The van der Waals surface area contributed by atoms with E-state index in [1.807, 2.05) is 0 Å². The molecule has 112 valence electrons. The summed E-state index contributed by atoms with van der Waals surface area (Å²) >= 11 is 0. The van der Waals surface area contributed by atoms with Gasteiger partial charge in [0.2, 0.25) is 5.82 Å². The number of nitrogens with zero attached hydrogens (tertiary/aromatic N) is 3. The van der Waals surface area contributed by atoms with E-state index in [0.717, 1.165) is 12.8 Å². The highest BCUT2D eigenvalue weighted by Gasteiger charge is 2.29. The smallest absolute Gasteiger partial charge is 0.280 e. The molecule has 0 aliphatic heterocycles. The van der Waals surface area contributed by atoms with E-state index in [1.165, 1.54) is 19.3 Å². The van der Waals surface area contributed by atoms with E-state index < -0.39 is 0 Å². The number of ether oxygens (including phenoxy) is 1. The van der Waals surface area contributed by atoms with Gasteiger partial charge in [0.25, 0.3) is 5.89 Å². The number of aromatic nitrogens is 3. The zero-order valence-corrected chi connectivity index (χ0v) is 12.0. The minimum atomic E-state index is -0.159. The molecule has 6 nitrogen and oxygen atoms in total. The van der Waals surface area contributed by atoms with Crippen molar-refractivity contribution in [3.8, 4) is 17.3 Å². The minimum absolute atomic E-state index is 0.0272. The number of pyridine rings is 1. The minimum Gasteiger partial charge on any atom is -0.505 e. The summed E-state index contributed by atoms with van der Waals surface area (Å²) in [7, 11) is 1.67. The van der Waals surface area contributed by atoms with E-state index in [2.05, 4.69) is 15.1 Å². The van der Waals surface area contributed by atoms with Crippen molar-refractivity contribution in [2.75, 3.05) is 7.11 Å². The molecule has 3 rings (SSSR count). The quantitative estimate of drug-likeness (QED) is 0.931. The Bertz CT molecular complexity index is 593. The van der Waals surface area contributed by atoms with Gasteiger partial charge in [-0.2, -0.15) is 4.98 Å². The van der Waals surface area contributed by atoms with Crippen LogP contribution in [0.2, 0.25) is 0 Å². The summed E-state index contributed by atoms with van der Waals surface area (Å²) in [5.41, 5.74) is 0.301. The first kappa shape index (κ1) is 14.0. The molecule has 1 unspecified atom stereocenters. The van der Waals surface area contributed by atoms with E-state index >= 15 is 0 Å². The SMILES string of the molecule is COC(c1noc(-c2ncccc2O)n1)C1CCCCC1. The zero-order valence-electron chi connectivity index (χ0n) is 12.0. The van der Waals surface area contributed by atoms with Gasteiger partial charge in [0.1, 0.15) is 11.9 Å². The van der Waals surface area contributed by atoms with Crippen LogP contribution in [0.4, 0.5) is 0 Å². The predicted molar refractivity (Wildman–Crippen MR) is 75.5 cm³/mol. The van der Waals surface area contributed by atoms with Crippen molar-refractivity contribution in [2.45, 2.75) is 38.2 Å². The van der Waals surface area contributed by atoms with Gasteiger partial charge in [-0.1, -0.05) is 24.4 Å². The molecule has 1 fully saturated rings. The van der Waals surface area contributed by atoms with Crippen molar-refractivity contribution in [1.82, 2.24) is 15.1 Å². The van der Waals surface area contributed by atoms with Gasteiger partial charge < -0.3 is 14.4 Å². The lowest BCUT2D eigenvalue weighted by Crippen LogP contribution is -2.19. The van der Waals surface area contributed by atoms with Crippen LogP contribution in [-0.4, -0.2) is 27.3 Å². The third-order valence-electron chi connectivity index (χ3n) is 4.02. The standard InChI is InChI=1S/C15H19N3O3/c1-20-13(10-6-3-2-4-7-10)14-17-15(21-18-14)12-11(19)8-5-9-16-12/h5,8-10,13,19H,2-4,6-7H2,1H3. The Labute approximate surface area is 123 Å². The van der Waals surface area contributed by atoms with Crippen molar-refractivity contribution in [2.24, 2.45) is 5.92 Å². The molecule has 6 heteroatoms. The second-order valence-corrected chi connectivity index (χ2v) is 5.38. The van der Waals surface area contributed by atoms with Crippen molar-refractivity contribution >= 4 is 0 Å². The summed E-state index contributed by atoms with van der Waals surface area (Å²) in [5, 5.41) is 13.8. The van der Waals surface area contributed by atoms with Crippen molar-refractivity contribution in [3.63, 3.8) is 0 Å². The van der Waals surface area contributed by atoms with Gasteiger partial charge in [-0.05, 0) is 30.9 Å². The normalized spacial score (nSPS) is 17.8. The third kappa shape index (κ3) is 2.90. The molecule has 1 aliphatic rings. The molecule has 1 saturated carbocycles. The molecule has 1 atom stereocenters.